The molecule has 0 aromatic carbocycles. The maximum atomic E-state index is 5.99. The SMILES string of the molecule is CCC1CCCC(Oc2cnc(CNCC(C)C)cn2)C1. The van der Waals surface area contributed by atoms with Crippen molar-refractivity contribution in [1.29, 1.82) is 0 Å². The average Bonchev–Trinajstić information content (AvgIpc) is 2.49. The minimum absolute atomic E-state index is 0.322. The summed E-state index contributed by atoms with van der Waals surface area (Å²) in [5.41, 5.74) is 0.970. The van der Waals surface area contributed by atoms with Crippen LogP contribution >= 0.6 is 0 Å². The number of hydrogen-bond donors (Lipinski definition) is 1. The molecule has 0 radical (unpaired) electrons. The minimum Gasteiger partial charge on any atom is -0.473 e. The van der Waals surface area contributed by atoms with Crippen LogP contribution in [0.5, 0.6) is 5.88 Å². The van der Waals surface area contributed by atoms with Gasteiger partial charge in [-0.3, -0.25) is 4.98 Å². The van der Waals surface area contributed by atoms with Gasteiger partial charge in [0.15, 0.2) is 0 Å². The van der Waals surface area contributed by atoms with Gasteiger partial charge in [0, 0.05) is 6.54 Å². The lowest BCUT2D eigenvalue weighted by molar-refractivity contribution is 0.116. The molecule has 1 aliphatic rings. The molecule has 4 heteroatoms. The lowest BCUT2D eigenvalue weighted by Gasteiger charge is -2.28. The summed E-state index contributed by atoms with van der Waals surface area (Å²) in [6.07, 6.45) is 10.1. The fourth-order valence-corrected chi connectivity index (χ4v) is 2.87. The molecule has 2 atom stereocenters. The van der Waals surface area contributed by atoms with Gasteiger partial charge < -0.3 is 10.1 Å². The zero-order valence-corrected chi connectivity index (χ0v) is 13.6. The topological polar surface area (TPSA) is 47.0 Å². The number of rotatable bonds is 7. The van der Waals surface area contributed by atoms with Crippen molar-refractivity contribution in [2.75, 3.05) is 6.54 Å². The fraction of sp³-hybridized carbons (Fsp3) is 0.765. The Morgan fingerprint density at radius 1 is 1.29 bits per heavy atom. The van der Waals surface area contributed by atoms with E-state index in [0.29, 0.717) is 17.9 Å². The van der Waals surface area contributed by atoms with Gasteiger partial charge in [-0.15, -0.1) is 0 Å². The Labute approximate surface area is 128 Å². The van der Waals surface area contributed by atoms with Gasteiger partial charge in [-0.05, 0) is 37.6 Å². The maximum absolute atomic E-state index is 5.99. The Bertz CT molecular complexity index is 405. The molecule has 2 unspecified atom stereocenters. The van der Waals surface area contributed by atoms with Crippen LogP contribution in [0.3, 0.4) is 0 Å². The Hall–Kier alpha value is -1.16. The van der Waals surface area contributed by atoms with Crippen molar-refractivity contribution >= 4 is 0 Å². The quantitative estimate of drug-likeness (QED) is 0.834. The van der Waals surface area contributed by atoms with Crippen LogP contribution in [0, 0.1) is 11.8 Å². The molecule has 2 rings (SSSR count). The summed E-state index contributed by atoms with van der Waals surface area (Å²) < 4.78 is 5.99. The summed E-state index contributed by atoms with van der Waals surface area (Å²) in [6.45, 7) is 8.44. The van der Waals surface area contributed by atoms with Crippen molar-refractivity contribution in [3.8, 4) is 5.88 Å². The molecule has 21 heavy (non-hydrogen) atoms. The summed E-state index contributed by atoms with van der Waals surface area (Å²) in [6, 6.07) is 0. The standard InChI is InChI=1S/C17H29N3O/c1-4-14-6-5-7-16(8-14)21-17-12-19-15(11-20-17)10-18-9-13(2)3/h11-14,16,18H,4-10H2,1-3H3. The van der Waals surface area contributed by atoms with Crippen molar-refractivity contribution in [2.24, 2.45) is 11.8 Å². The van der Waals surface area contributed by atoms with E-state index >= 15 is 0 Å². The van der Waals surface area contributed by atoms with Crippen LogP contribution in [0.4, 0.5) is 0 Å². The Morgan fingerprint density at radius 2 is 2.14 bits per heavy atom. The molecule has 0 bridgehead atoms. The molecular formula is C17H29N3O. The Balaban J connectivity index is 1.79. The molecule has 1 N–H and O–H groups in total. The third-order valence-corrected chi connectivity index (χ3v) is 4.14. The van der Waals surface area contributed by atoms with Crippen LogP contribution in [0.2, 0.25) is 0 Å². The van der Waals surface area contributed by atoms with Gasteiger partial charge in [0.05, 0.1) is 18.1 Å². The van der Waals surface area contributed by atoms with E-state index in [-0.39, 0.29) is 0 Å². The summed E-state index contributed by atoms with van der Waals surface area (Å²) in [7, 11) is 0. The highest BCUT2D eigenvalue weighted by atomic mass is 16.5. The second-order valence-electron chi connectivity index (χ2n) is 6.55. The fourth-order valence-electron chi connectivity index (χ4n) is 2.87. The van der Waals surface area contributed by atoms with E-state index < -0.39 is 0 Å². The van der Waals surface area contributed by atoms with Crippen LogP contribution in [-0.4, -0.2) is 22.6 Å². The van der Waals surface area contributed by atoms with Gasteiger partial charge in [0.25, 0.3) is 0 Å². The second-order valence-corrected chi connectivity index (χ2v) is 6.55. The molecule has 0 amide bonds. The zero-order chi connectivity index (χ0) is 15.1. The molecule has 1 heterocycles. The van der Waals surface area contributed by atoms with Gasteiger partial charge in [-0.2, -0.15) is 0 Å². The van der Waals surface area contributed by atoms with Crippen LogP contribution in [0.25, 0.3) is 0 Å². The molecule has 0 spiro atoms. The van der Waals surface area contributed by atoms with E-state index in [9.17, 15) is 0 Å². The summed E-state index contributed by atoms with van der Waals surface area (Å²) in [5.74, 6) is 2.14. The van der Waals surface area contributed by atoms with Gasteiger partial charge in [-0.1, -0.05) is 33.6 Å². The second kappa shape index (κ2) is 8.32. The molecule has 118 valence electrons. The molecule has 1 aliphatic carbocycles. The number of nitrogens with one attached hydrogen (secondary N) is 1. The average molecular weight is 291 g/mol. The summed E-state index contributed by atoms with van der Waals surface area (Å²) >= 11 is 0. The number of aromatic nitrogens is 2. The number of ether oxygens (including phenoxy) is 1. The first-order valence-corrected chi connectivity index (χ1v) is 8.35. The van der Waals surface area contributed by atoms with Crippen molar-refractivity contribution in [3.05, 3.63) is 18.1 Å². The van der Waals surface area contributed by atoms with Crippen LogP contribution < -0.4 is 10.1 Å². The van der Waals surface area contributed by atoms with E-state index in [2.05, 4.69) is 36.1 Å². The zero-order valence-electron chi connectivity index (χ0n) is 13.6. The molecular weight excluding hydrogens is 262 g/mol. The Morgan fingerprint density at radius 3 is 2.81 bits per heavy atom. The molecule has 4 nitrogen and oxygen atoms in total. The third kappa shape index (κ3) is 5.62. The van der Waals surface area contributed by atoms with Gasteiger partial charge in [0.2, 0.25) is 5.88 Å². The molecule has 1 aromatic heterocycles. The maximum Gasteiger partial charge on any atom is 0.232 e. The van der Waals surface area contributed by atoms with E-state index in [0.717, 1.165) is 37.5 Å². The van der Waals surface area contributed by atoms with Gasteiger partial charge >= 0.3 is 0 Å². The van der Waals surface area contributed by atoms with Crippen LogP contribution in [0.1, 0.15) is 58.6 Å². The first-order chi connectivity index (χ1) is 10.2. The first kappa shape index (κ1) is 16.2. The molecule has 0 aliphatic heterocycles. The van der Waals surface area contributed by atoms with Crippen molar-refractivity contribution in [3.63, 3.8) is 0 Å². The highest BCUT2D eigenvalue weighted by Gasteiger charge is 2.22. The molecule has 1 saturated carbocycles. The van der Waals surface area contributed by atoms with Crippen LogP contribution in [-0.2, 0) is 6.54 Å². The van der Waals surface area contributed by atoms with E-state index in [1.54, 1.807) is 6.20 Å². The molecule has 1 fully saturated rings. The monoisotopic (exact) mass is 291 g/mol. The highest BCUT2D eigenvalue weighted by molar-refractivity contribution is 5.07. The van der Waals surface area contributed by atoms with Gasteiger partial charge in [-0.25, -0.2) is 4.98 Å². The summed E-state index contributed by atoms with van der Waals surface area (Å²) in [5, 5.41) is 3.37. The van der Waals surface area contributed by atoms with Crippen LogP contribution in [0.15, 0.2) is 12.4 Å². The number of hydrogen-bond acceptors (Lipinski definition) is 4. The lowest BCUT2D eigenvalue weighted by Crippen LogP contribution is -2.25. The van der Waals surface area contributed by atoms with E-state index in [1.165, 1.54) is 19.3 Å². The summed E-state index contributed by atoms with van der Waals surface area (Å²) in [4.78, 5) is 8.83. The van der Waals surface area contributed by atoms with Crippen molar-refractivity contribution < 1.29 is 4.74 Å². The predicted molar refractivity (Wildman–Crippen MR) is 85.2 cm³/mol. The Kier molecular flexibility index (Phi) is 6.43. The largest absolute Gasteiger partial charge is 0.473 e. The van der Waals surface area contributed by atoms with Crippen molar-refractivity contribution in [2.45, 2.75) is 65.5 Å². The van der Waals surface area contributed by atoms with E-state index in [4.69, 9.17) is 4.74 Å². The van der Waals surface area contributed by atoms with E-state index in [1.807, 2.05) is 6.20 Å². The normalized spacial score (nSPS) is 22.5. The molecule has 1 aromatic rings. The highest BCUT2D eigenvalue weighted by Crippen LogP contribution is 2.28. The first-order valence-electron chi connectivity index (χ1n) is 8.35. The van der Waals surface area contributed by atoms with Crippen molar-refractivity contribution in [1.82, 2.24) is 15.3 Å². The smallest absolute Gasteiger partial charge is 0.232 e. The number of nitrogens with zero attached hydrogens (tertiary/aromatic N) is 2. The lowest BCUT2D eigenvalue weighted by atomic mass is 9.85. The van der Waals surface area contributed by atoms with Gasteiger partial charge in [0.1, 0.15) is 6.10 Å². The predicted octanol–water partition coefficient (Wildman–Crippen LogP) is 3.57. The third-order valence-electron chi connectivity index (χ3n) is 4.14. The minimum atomic E-state index is 0.322. The molecule has 0 saturated heterocycles.